The first-order valence-corrected chi connectivity index (χ1v) is 9.29. The first-order valence-electron chi connectivity index (χ1n) is 8.04. The highest BCUT2D eigenvalue weighted by atomic mass is 35.5. The number of hydrogen-bond donors (Lipinski definition) is 1. The fraction of sp³-hybridized carbons (Fsp3) is 0.167. The lowest BCUT2D eigenvalue weighted by Gasteiger charge is -2.11. The second-order valence-electron chi connectivity index (χ2n) is 6.02. The number of imidazole rings is 1. The largest absolute Gasteiger partial charge is 0.344 e. The number of rotatable bonds is 4. The van der Waals surface area contributed by atoms with Gasteiger partial charge in [0.2, 0.25) is 0 Å². The average molecular weight is 386 g/mol. The topological polar surface area (TPSA) is 64.2 Å². The lowest BCUT2D eigenvalue weighted by molar-refractivity contribution is 0.0934. The van der Waals surface area contributed by atoms with Gasteiger partial charge in [-0.2, -0.15) is 5.10 Å². The van der Waals surface area contributed by atoms with Crippen LogP contribution in [0, 0.1) is 0 Å². The summed E-state index contributed by atoms with van der Waals surface area (Å²) >= 11 is 7.68. The van der Waals surface area contributed by atoms with Crippen molar-refractivity contribution in [3.8, 4) is 11.3 Å². The third kappa shape index (κ3) is 3.00. The van der Waals surface area contributed by atoms with Gasteiger partial charge >= 0.3 is 0 Å². The van der Waals surface area contributed by atoms with Crippen molar-refractivity contribution in [2.75, 3.05) is 0 Å². The van der Waals surface area contributed by atoms with E-state index in [0.717, 1.165) is 21.8 Å². The van der Waals surface area contributed by atoms with E-state index >= 15 is 0 Å². The summed E-state index contributed by atoms with van der Waals surface area (Å²) in [6.45, 7) is 1.93. The molecule has 26 heavy (non-hydrogen) atoms. The number of carbonyl (C=O) groups excluding carboxylic acids is 1. The van der Waals surface area contributed by atoms with Crippen molar-refractivity contribution in [2.45, 2.75) is 13.0 Å². The fourth-order valence-electron chi connectivity index (χ4n) is 2.76. The number of halogens is 1. The standard InChI is InChI=1S/C18H16ClN5OS/c1-11(12-7-20-23(2)8-12)21-17(25)16-10-26-18-22-15(9-24(16)18)13-5-3-4-6-14(13)19/h3-11H,1-2H3,(H,21,25)/t11-/m0/s1. The lowest BCUT2D eigenvalue weighted by Crippen LogP contribution is -2.27. The summed E-state index contributed by atoms with van der Waals surface area (Å²) in [5, 5.41) is 9.59. The van der Waals surface area contributed by atoms with Crippen LogP contribution in [0.3, 0.4) is 0 Å². The summed E-state index contributed by atoms with van der Waals surface area (Å²) < 4.78 is 3.52. The molecule has 0 saturated heterocycles. The summed E-state index contributed by atoms with van der Waals surface area (Å²) in [4.78, 5) is 18.1. The molecule has 4 aromatic rings. The Morgan fingerprint density at radius 3 is 2.85 bits per heavy atom. The van der Waals surface area contributed by atoms with Gasteiger partial charge in [0.15, 0.2) is 4.96 Å². The molecule has 1 aromatic carbocycles. The van der Waals surface area contributed by atoms with Crippen LogP contribution < -0.4 is 5.32 Å². The van der Waals surface area contributed by atoms with Crippen LogP contribution in [0.4, 0.5) is 0 Å². The smallest absolute Gasteiger partial charge is 0.269 e. The van der Waals surface area contributed by atoms with Gasteiger partial charge in [-0.25, -0.2) is 4.98 Å². The normalized spacial score (nSPS) is 12.4. The molecule has 0 spiro atoms. The molecule has 0 saturated carbocycles. The number of nitrogens with zero attached hydrogens (tertiary/aromatic N) is 4. The Labute approximate surface area is 159 Å². The molecule has 0 bridgehead atoms. The molecule has 0 aliphatic carbocycles. The van der Waals surface area contributed by atoms with Crippen molar-refractivity contribution < 1.29 is 4.79 Å². The van der Waals surface area contributed by atoms with Crippen LogP contribution in [0.1, 0.15) is 29.0 Å². The zero-order valence-electron chi connectivity index (χ0n) is 14.2. The Hall–Kier alpha value is -2.64. The number of aromatic nitrogens is 4. The SMILES string of the molecule is C[C@H](NC(=O)c1csc2nc(-c3ccccc3Cl)cn12)c1cnn(C)c1. The Bertz CT molecular complexity index is 1100. The first kappa shape index (κ1) is 16.8. The van der Waals surface area contributed by atoms with Crippen molar-refractivity contribution in [3.05, 3.63) is 64.5 Å². The predicted octanol–water partition coefficient (Wildman–Crippen LogP) is 3.94. The zero-order valence-corrected chi connectivity index (χ0v) is 15.8. The summed E-state index contributed by atoms with van der Waals surface area (Å²) in [5.41, 5.74) is 3.10. The van der Waals surface area contributed by atoms with Crippen LogP contribution in [0.5, 0.6) is 0 Å². The fourth-order valence-corrected chi connectivity index (χ4v) is 3.85. The maximum Gasteiger partial charge on any atom is 0.269 e. The number of carbonyl (C=O) groups is 1. The molecule has 0 radical (unpaired) electrons. The molecule has 1 atom stereocenters. The summed E-state index contributed by atoms with van der Waals surface area (Å²) in [7, 11) is 1.85. The van der Waals surface area contributed by atoms with E-state index in [2.05, 4.69) is 15.4 Å². The molecule has 6 nitrogen and oxygen atoms in total. The Morgan fingerprint density at radius 1 is 1.31 bits per heavy atom. The van der Waals surface area contributed by atoms with Gasteiger partial charge < -0.3 is 5.32 Å². The molecule has 3 aromatic heterocycles. The molecule has 1 amide bonds. The van der Waals surface area contributed by atoms with E-state index < -0.39 is 0 Å². The highest BCUT2D eigenvalue weighted by Crippen LogP contribution is 2.29. The molecule has 0 aliphatic heterocycles. The second-order valence-corrected chi connectivity index (χ2v) is 7.27. The molecule has 8 heteroatoms. The van der Waals surface area contributed by atoms with Crippen molar-refractivity contribution in [3.63, 3.8) is 0 Å². The van der Waals surface area contributed by atoms with Crippen LogP contribution in [0.25, 0.3) is 16.2 Å². The van der Waals surface area contributed by atoms with Crippen LogP contribution >= 0.6 is 22.9 Å². The molecule has 0 fully saturated rings. The highest BCUT2D eigenvalue weighted by molar-refractivity contribution is 7.15. The third-order valence-electron chi connectivity index (χ3n) is 4.16. The van der Waals surface area contributed by atoms with Gasteiger partial charge in [-0.3, -0.25) is 13.9 Å². The number of fused-ring (bicyclic) bond motifs is 1. The zero-order chi connectivity index (χ0) is 18.3. The van der Waals surface area contributed by atoms with E-state index in [1.54, 1.807) is 15.3 Å². The minimum absolute atomic E-state index is 0.141. The maximum atomic E-state index is 12.7. The summed E-state index contributed by atoms with van der Waals surface area (Å²) in [6, 6.07) is 7.39. The highest BCUT2D eigenvalue weighted by Gasteiger charge is 2.18. The molecule has 1 N–H and O–H groups in total. The average Bonchev–Trinajstić information content (AvgIpc) is 3.30. The second kappa shape index (κ2) is 6.59. The Morgan fingerprint density at radius 2 is 2.12 bits per heavy atom. The van der Waals surface area contributed by atoms with Gasteiger partial charge in [-0.05, 0) is 13.0 Å². The number of amides is 1. The van der Waals surface area contributed by atoms with E-state index in [1.807, 2.05) is 56.0 Å². The van der Waals surface area contributed by atoms with Gasteiger partial charge in [0.05, 0.1) is 23.0 Å². The van der Waals surface area contributed by atoms with E-state index in [9.17, 15) is 4.79 Å². The van der Waals surface area contributed by atoms with Gasteiger partial charge in [0.1, 0.15) is 5.69 Å². The molecule has 3 heterocycles. The Balaban J connectivity index is 1.62. The molecule has 0 unspecified atom stereocenters. The number of nitrogens with one attached hydrogen (secondary N) is 1. The summed E-state index contributed by atoms with van der Waals surface area (Å²) in [5.74, 6) is -0.157. The predicted molar refractivity (Wildman–Crippen MR) is 103 cm³/mol. The molecule has 0 aliphatic rings. The minimum atomic E-state index is -0.157. The van der Waals surface area contributed by atoms with Crippen molar-refractivity contribution in [1.29, 1.82) is 0 Å². The van der Waals surface area contributed by atoms with E-state index in [1.165, 1.54) is 11.3 Å². The number of benzene rings is 1. The van der Waals surface area contributed by atoms with E-state index in [0.29, 0.717) is 10.7 Å². The van der Waals surface area contributed by atoms with E-state index in [-0.39, 0.29) is 11.9 Å². The van der Waals surface area contributed by atoms with Crippen LogP contribution in [0.2, 0.25) is 5.02 Å². The van der Waals surface area contributed by atoms with E-state index in [4.69, 9.17) is 11.6 Å². The quantitative estimate of drug-likeness (QED) is 0.578. The minimum Gasteiger partial charge on any atom is -0.344 e. The van der Waals surface area contributed by atoms with Gasteiger partial charge in [0.25, 0.3) is 5.91 Å². The summed E-state index contributed by atoms with van der Waals surface area (Å²) in [6.07, 6.45) is 5.48. The molecular weight excluding hydrogens is 370 g/mol. The number of aryl methyl sites for hydroxylation is 1. The van der Waals surface area contributed by atoms with Crippen LogP contribution in [-0.2, 0) is 7.05 Å². The van der Waals surface area contributed by atoms with Crippen LogP contribution in [0.15, 0.2) is 48.2 Å². The van der Waals surface area contributed by atoms with Gasteiger partial charge in [-0.1, -0.05) is 29.8 Å². The van der Waals surface area contributed by atoms with Crippen molar-refractivity contribution in [1.82, 2.24) is 24.5 Å². The number of hydrogen-bond acceptors (Lipinski definition) is 4. The van der Waals surface area contributed by atoms with Crippen molar-refractivity contribution in [2.24, 2.45) is 7.05 Å². The number of thiazole rings is 1. The first-order chi connectivity index (χ1) is 12.5. The molecular formula is C18H16ClN5OS. The molecule has 4 rings (SSSR count). The lowest BCUT2D eigenvalue weighted by atomic mass is 10.2. The Kier molecular flexibility index (Phi) is 4.26. The molecule has 132 valence electrons. The monoisotopic (exact) mass is 385 g/mol. The van der Waals surface area contributed by atoms with Crippen molar-refractivity contribution >= 4 is 33.8 Å². The van der Waals surface area contributed by atoms with Crippen LogP contribution in [-0.4, -0.2) is 25.1 Å². The third-order valence-corrected chi connectivity index (χ3v) is 5.33. The van der Waals surface area contributed by atoms with Gasteiger partial charge in [-0.15, -0.1) is 11.3 Å². The van der Waals surface area contributed by atoms with Gasteiger partial charge in [0, 0.05) is 35.9 Å². The maximum absolute atomic E-state index is 12.7.